The van der Waals surface area contributed by atoms with Crippen molar-refractivity contribution in [1.29, 1.82) is 0 Å². The lowest BCUT2D eigenvalue weighted by Gasteiger charge is -2.19. The summed E-state index contributed by atoms with van der Waals surface area (Å²) >= 11 is 0. The molecule has 0 aromatic carbocycles. The van der Waals surface area contributed by atoms with Gasteiger partial charge in [-0.15, -0.1) is 0 Å². The average molecular weight is 152 g/mol. The number of fused-ring (bicyclic) bond motifs is 1. The van der Waals surface area contributed by atoms with Gasteiger partial charge in [-0.2, -0.15) is 0 Å². The van der Waals surface area contributed by atoms with E-state index < -0.39 is 0 Å². The molecule has 0 amide bonds. The van der Waals surface area contributed by atoms with Crippen molar-refractivity contribution < 1.29 is 9.53 Å². The van der Waals surface area contributed by atoms with E-state index in [-0.39, 0.29) is 5.97 Å². The van der Waals surface area contributed by atoms with E-state index in [1.54, 1.807) is 0 Å². The molecule has 1 saturated heterocycles. The first-order valence-electron chi connectivity index (χ1n) is 4.16. The lowest BCUT2D eigenvalue weighted by atomic mass is 9.96. The number of cyclic esters (lactones) is 1. The lowest BCUT2D eigenvalue weighted by Crippen LogP contribution is -2.22. The summed E-state index contributed by atoms with van der Waals surface area (Å²) in [6, 6.07) is 0. The van der Waals surface area contributed by atoms with Crippen molar-refractivity contribution in [3.8, 4) is 0 Å². The molecule has 0 radical (unpaired) electrons. The maximum atomic E-state index is 11.2. The third-order valence-electron chi connectivity index (χ3n) is 2.66. The van der Waals surface area contributed by atoms with Crippen molar-refractivity contribution >= 4 is 5.97 Å². The van der Waals surface area contributed by atoms with Crippen LogP contribution >= 0.6 is 0 Å². The predicted octanol–water partition coefficient (Wildman–Crippen LogP) is 1.66. The minimum atomic E-state index is -0.0590. The third-order valence-corrected chi connectivity index (χ3v) is 2.66. The number of rotatable bonds is 0. The van der Waals surface area contributed by atoms with E-state index >= 15 is 0 Å². The molecule has 0 aromatic rings. The molecular weight excluding hydrogens is 140 g/mol. The van der Waals surface area contributed by atoms with Crippen LogP contribution in [0.2, 0.25) is 0 Å². The molecule has 2 heteroatoms. The maximum Gasteiger partial charge on any atom is 0.334 e. The predicted molar refractivity (Wildman–Crippen MR) is 41.0 cm³/mol. The van der Waals surface area contributed by atoms with Crippen LogP contribution in [0, 0.1) is 5.92 Å². The molecule has 11 heavy (non-hydrogen) atoms. The highest BCUT2D eigenvalue weighted by molar-refractivity contribution is 5.91. The molecule has 0 unspecified atom stereocenters. The van der Waals surface area contributed by atoms with E-state index in [0.29, 0.717) is 12.5 Å². The molecule has 1 aliphatic heterocycles. The molecular formula is C9H12O2. The summed E-state index contributed by atoms with van der Waals surface area (Å²) in [4.78, 5) is 11.2. The Kier molecular flexibility index (Phi) is 1.48. The van der Waals surface area contributed by atoms with Crippen molar-refractivity contribution in [2.75, 3.05) is 6.61 Å². The van der Waals surface area contributed by atoms with Crippen LogP contribution in [-0.4, -0.2) is 12.6 Å². The Bertz CT molecular complexity index is 228. The Balaban J connectivity index is 2.32. The molecule has 0 bridgehead atoms. The molecule has 1 fully saturated rings. The van der Waals surface area contributed by atoms with Gasteiger partial charge in [-0.25, -0.2) is 4.79 Å². The minimum Gasteiger partial charge on any atom is -0.462 e. The molecule has 60 valence electrons. The first-order chi connectivity index (χ1) is 5.29. The maximum absolute atomic E-state index is 11.2. The van der Waals surface area contributed by atoms with Crippen molar-refractivity contribution in [2.24, 2.45) is 5.92 Å². The Hall–Kier alpha value is -0.790. The van der Waals surface area contributed by atoms with Crippen LogP contribution in [0.3, 0.4) is 0 Å². The normalized spacial score (nSPS) is 30.3. The zero-order chi connectivity index (χ0) is 7.84. The van der Waals surface area contributed by atoms with Gasteiger partial charge in [0.1, 0.15) is 0 Å². The summed E-state index contributed by atoms with van der Waals surface area (Å²) in [6.45, 7) is 2.67. The van der Waals surface area contributed by atoms with E-state index in [4.69, 9.17) is 4.74 Å². The Morgan fingerprint density at radius 3 is 3.00 bits per heavy atom. The monoisotopic (exact) mass is 152 g/mol. The van der Waals surface area contributed by atoms with Gasteiger partial charge in [0.25, 0.3) is 0 Å². The van der Waals surface area contributed by atoms with E-state index in [0.717, 1.165) is 24.8 Å². The van der Waals surface area contributed by atoms with Crippen molar-refractivity contribution in [1.82, 2.24) is 0 Å². The molecule has 1 heterocycles. The van der Waals surface area contributed by atoms with Crippen LogP contribution < -0.4 is 0 Å². The van der Waals surface area contributed by atoms with Gasteiger partial charge >= 0.3 is 5.97 Å². The number of ether oxygens (including phenoxy) is 1. The van der Waals surface area contributed by atoms with Gasteiger partial charge < -0.3 is 4.74 Å². The molecule has 1 aliphatic carbocycles. The first-order valence-corrected chi connectivity index (χ1v) is 4.16. The number of carbonyl (C=O) groups is 1. The molecule has 2 nitrogen and oxygen atoms in total. The number of hydrogen-bond acceptors (Lipinski definition) is 2. The quantitative estimate of drug-likeness (QED) is 0.493. The van der Waals surface area contributed by atoms with Crippen molar-refractivity contribution in [3.63, 3.8) is 0 Å². The van der Waals surface area contributed by atoms with Crippen LogP contribution in [0.25, 0.3) is 0 Å². The second-order valence-corrected chi connectivity index (χ2v) is 3.35. The fraction of sp³-hybridized carbons (Fsp3) is 0.667. The van der Waals surface area contributed by atoms with Gasteiger partial charge in [-0.3, -0.25) is 0 Å². The second-order valence-electron chi connectivity index (χ2n) is 3.35. The summed E-state index contributed by atoms with van der Waals surface area (Å²) in [5, 5.41) is 0. The Morgan fingerprint density at radius 2 is 2.27 bits per heavy atom. The van der Waals surface area contributed by atoms with Crippen LogP contribution in [0.15, 0.2) is 11.1 Å². The van der Waals surface area contributed by atoms with Gasteiger partial charge in [0.05, 0.1) is 6.61 Å². The summed E-state index contributed by atoms with van der Waals surface area (Å²) in [5.74, 6) is 0.465. The summed E-state index contributed by atoms with van der Waals surface area (Å²) < 4.78 is 4.97. The van der Waals surface area contributed by atoms with Gasteiger partial charge in [0, 0.05) is 5.57 Å². The third kappa shape index (κ3) is 0.971. The van der Waals surface area contributed by atoms with Gasteiger partial charge in [-0.1, -0.05) is 5.57 Å². The van der Waals surface area contributed by atoms with Gasteiger partial charge in [-0.05, 0) is 32.1 Å². The van der Waals surface area contributed by atoms with Crippen molar-refractivity contribution in [2.45, 2.75) is 26.2 Å². The van der Waals surface area contributed by atoms with Crippen molar-refractivity contribution in [3.05, 3.63) is 11.1 Å². The largest absolute Gasteiger partial charge is 0.462 e. The highest BCUT2D eigenvalue weighted by Gasteiger charge is 2.32. The minimum absolute atomic E-state index is 0.0590. The zero-order valence-corrected chi connectivity index (χ0v) is 6.72. The fourth-order valence-electron chi connectivity index (χ4n) is 2.02. The molecule has 2 rings (SSSR count). The number of allylic oxidation sites excluding steroid dienone is 1. The molecule has 0 spiro atoms. The van der Waals surface area contributed by atoms with Gasteiger partial charge in [0.15, 0.2) is 0 Å². The smallest absolute Gasteiger partial charge is 0.334 e. The SMILES string of the molecule is CC1=C2C(=O)OCC[C@H]2CC1. The Labute approximate surface area is 66.2 Å². The average Bonchev–Trinajstić information content (AvgIpc) is 2.34. The first kappa shape index (κ1) is 6.89. The topological polar surface area (TPSA) is 26.3 Å². The van der Waals surface area contributed by atoms with Crippen LogP contribution in [-0.2, 0) is 9.53 Å². The number of carbonyl (C=O) groups excluding carboxylic acids is 1. The molecule has 2 aliphatic rings. The van der Waals surface area contributed by atoms with Crippen LogP contribution in [0.1, 0.15) is 26.2 Å². The van der Waals surface area contributed by atoms with Crippen LogP contribution in [0.5, 0.6) is 0 Å². The standard InChI is InChI=1S/C9H12O2/c1-6-2-3-7-4-5-11-9(10)8(6)7/h7H,2-5H2,1H3/t7-/m1/s1. The number of hydrogen-bond donors (Lipinski definition) is 0. The zero-order valence-electron chi connectivity index (χ0n) is 6.72. The van der Waals surface area contributed by atoms with E-state index in [1.165, 1.54) is 5.57 Å². The molecule has 0 saturated carbocycles. The Morgan fingerprint density at radius 1 is 1.45 bits per heavy atom. The molecule has 1 atom stereocenters. The van der Waals surface area contributed by atoms with E-state index in [1.807, 2.05) is 6.92 Å². The second kappa shape index (κ2) is 2.36. The highest BCUT2D eigenvalue weighted by Crippen LogP contribution is 2.36. The lowest BCUT2D eigenvalue weighted by molar-refractivity contribution is -0.142. The molecule has 0 N–H and O–H groups in total. The number of esters is 1. The van der Waals surface area contributed by atoms with Crippen LogP contribution in [0.4, 0.5) is 0 Å². The summed E-state index contributed by atoms with van der Waals surface area (Å²) in [6.07, 6.45) is 3.30. The molecule has 0 aromatic heterocycles. The van der Waals surface area contributed by atoms with Gasteiger partial charge in [0.2, 0.25) is 0 Å². The van der Waals surface area contributed by atoms with E-state index in [2.05, 4.69) is 0 Å². The fourth-order valence-corrected chi connectivity index (χ4v) is 2.02. The summed E-state index contributed by atoms with van der Waals surface area (Å²) in [5.41, 5.74) is 2.23. The highest BCUT2D eigenvalue weighted by atomic mass is 16.5. The van der Waals surface area contributed by atoms with E-state index in [9.17, 15) is 4.79 Å². The summed E-state index contributed by atoms with van der Waals surface area (Å²) in [7, 11) is 0.